The Morgan fingerprint density at radius 2 is 1.87 bits per heavy atom. The lowest BCUT2D eigenvalue weighted by molar-refractivity contribution is 0.0955. The number of rotatable bonds is 5. The number of carbonyl (C=O) groups is 1. The SMILES string of the molecule is O=C(NCc1ccccc1)c1cc(S(=O)(=O)N2CCCC2)cs1. The summed E-state index contributed by atoms with van der Waals surface area (Å²) in [4.78, 5) is 12.8. The molecule has 0 unspecified atom stereocenters. The molecule has 2 heterocycles. The second kappa shape index (κ2) is 6.82. The molecule has 0 radical (unpaired) electrons. The number of benzene rings is 1. The van der Waals surface area contributed by atoms with E-state index in [0.717, 1.165) is 29.7 Å². The van der Waals surface area contributed by atoms with E-state index >= 15 is 0 Å². The number of carbonyl (C=O) groups excluding carboxylic acids is 1. The normalized spacial score (nSPS) is 15.7. The van der Waals surface area contributed by atoms with E-state index in [0.29, 0.717) is 24.5 Å². The second-order valence-corrected chi connectivity index (χ2v) is 8.28. The standard InChI is InChI=1S/C16H18N2O3S2/c19-16(17-11-13-6-2-1-3-7-13)15-10-14(12-22-15)23(20,21)18-8-4-5-9-18/h1-3,6-7,10,12H,4-5,8-9,11H2,(H,17,19). The van der Waals surface area contributed by atoms with E-state index in [1.807, 2.05) is 30.3 Å². The Morgan fingerprint density at radius 1 is 1.17 bits per heavy atom. The summed E-state index contributed by atoms with van der Waals surface area (Å²) < 4.78 is 26.4. The van der Waals surface area contributed by atoms with Crippen molar-refractivity contribution in [2.45, 2.75) is 24.3 Å². The quantitative estimate of drug-likeness (QED) is 0.901. The molecule has 1 saturated heterocycles. The average molecular weight is 350 g/mol. The largest absolute Gasteiger partial charge is 0.347 e. The topological polar surface area (TPSA) is 66.5 Å². The van der Waals surface area contributed by atoms with Gasteiger partial charge in [0.25, 0.3) is 5.91 Å². The summed E-state index contributed by atoms with van der Waals surface area (Å²) in [5, 5.41) is 4.36. The maximum absolute atomic E-state index is 12.5. The smallest absolute Gasteiger partial charge is 0.261 e. The minimum absolute atomic E-state index is 0.217. The zero-order valence-electron chi connectivity index (χ0n) is 12.6. The third-order valence-corrected chi connectivity index (χ3v) is 6.75. The molecule has 0 spiro atoms. The fraction of sp³-hybridized carbons (Fsp3) is 0.312. The van der Waals surface area contributed by atoms with Crippen LogP contribution >= 0.6 is 11.3 Å². The van der Waals surface area contributed by atoms with Crippen LogP contribution in [0.15, 0.2) is 46.7 Å². The summed E-state index contributed by atoms with van der Waals surface area (Å²) in [6, 6.07) is 11.1. The van der Waals surface area contributed by atoms with Crippen LogP contribution in [0.25, 0.3) is 0 Å². The van der Waals surface area contributed by atoms with Gasteiger partial charge in [-0.15, -0.1) is 11.3 Å². The van der Waals surface area contributed by atoms with Crippen LogP contribution < -0.4 is 5.32 Å². The number of hydrogen-bond donors (Lipinski definition) is 1. The van der Waals surface area contributed by atoms with Crippen LogP contribution in [0.2, 0.25) is 0 Å². The van der Waals surface area contributed by atoms with Crippen LogP contribution in [0.3, 0.4) is 0 Å². The first kappa shape index (κ1) is 16.2. The second-order valence-electron chi connectivity index (χ2n) is 5.43. The molecule has 0 bridgehead atoms. The fourth-order valence-corrected chi connectivity index (χ4v) is 5.21. The fourth-order valence-electron chi connectivity index (χ4n) is 2.52. The van der Waals surface area contributed by atoms with E-state index in [2.05, 4.69) is 5.32 Å². The molecule has 2 aromatic rings. The molecule has 1 amide bonds. The van der Waals surface area contributed by atoms with Crippen molar-refractivity contribution in [3.05, 3.63) is 52.2 Å². The van der Waals surface area contributed by atoms with Crippen molar-refractivity contribution in [3.8, 4) is 0 Å². The van der Waals surface area contributed by atoms with Crippen molar-refractivity contribution in [1.82, 2.24) is 9.62 Å². The Morgan fingerprint density at radius 3 is 2.57 bits per heavy atom. The maximum Gasteiger partial charge on any atom is 0.261 e. The average Bonchev–Trinajstić information content (AvgIpc) is 3.25. The van der Waals surface area contributed by atoms with Crippen molar-refractivity contribution in [2.75, 3.05) is 13.1 Å². The number of nitrogens with one attached hydrogen (secondary N) is 1. The van der Waals surface area contributed by atoms with Crippen LogP contribution in [0.5, 0.6) is 0 Å². The summed E-state index contributed by atoms with van der Waals surface area (Å²) in [6.07, 6.45) is 1.79. The summed E-state index contributed by atoms with van der Waals surface area (Å²) >= 11 is 1.16. The molecule has 1 aliphatic rings. The van der Waals surface area contributed by atoms with Crippen LogP contribution in [0.1, 0.15) is 28.1 Å². The van der Waals surface area contributed by atoms with E-state index in [9.17, 15) is 13.2 Å². The zero-order chi connectivity index (χ0) is 16.3. The first-order valence-corrected chi connectivity index (χ1v) is 9.80. The molecule has 1 aliphatic heterocycles. The summed E-state index contributed by atoms with van der Waals surface area (Å²) in [7, 11) is -3.45. The third kappa shape index (κ3) is 3.63. The van der Waals surface area contributed by atoms with Crippen molar-refractivity contribution >= 4 is 27.3 Å². The molecule has 122 valence electrons. The number of sulfonamides is 1. The monoisotopic (exact) mass is 350 g/mol. The van der Waals surface area contributed by atoms with E-state index < -0.39 is 10.0 Å². The highest BCUT2D eigenvalue weighted by Crippen LogP contribution is 2.25. The molecule has 5 nitrogen and oxygen atoms in total. The lowest BCUT2D eigenvalue weighted by Gasteiger charge is -2.13. The van der Waals surface area contributed by atoms with Gasteiger partial charge in [-0.2, -0.15) is 4.31 Å². The van der Waals surface area contributed by atoms with Crippen molar-refractivity contribution in [2.24, 2.45) is 0 Å². The molecule has 0 saturated carbocycles. The number of hydrogen-bond acceptors (Lipinski definition) is 4. The van der Waals surface area contributed by atoms with Gasteiger partial charge in [0.1, 0.15) is 0 Å². The molecule has 1 N–H and O–H groups in total. The minimum atomic E-state index is -3.45. The first-order chi connectivity index (χ1) is 11.1. The summed E-state index contributed by atoms with van der Waals surface area (Å²) in [5.41, 5.74) is 1.00. The number of nitrogens with zero attached hydrogens (tertiary/aromatic N) is 1. The number of amides is 1. The molecular weight excluding hydrogens is 332 g/mol. The lowest BCUT2D eigenvalue weighted by atomic mass is 10.2. The molecule has 3 rings (SSSR count). The van der Waals surface area contributed by atoms with Crippen LogP contribution in [-0.2, 0) is 16.6 Å². The Balaban J connectivity index is 1.67. The highest BCUT2D eigenvalue weighted by Gasteiger charge is 2.28. The highest BCUT2D eigenvalue weighted by atomic mass is 32.2. The summed E-state index contributed by atoms with van der Waals surface area (Å²) in [6.45, 7) is 1.55. The molecule has 1 fully saturated rings. The molecular formula is C16H18N2O3S2. The molecule has 1 aromatic carbocycles. The van der Waals surface area contributed by atoms with E-state index in [-0.39, 0.29) is 10.8 Å². The van der Waals surface area contributed by atoms with Crippen molar-refractivity contribution < 1.29 is 13.2 Å². The minimum Gasteiger partial charge on any atom is -0.347 e. The Hall–Kier alpha value is -1.70. The van der Waals surface area contributed by atoms with Gasteiger partial charge in [0.15, 0.2) is 0 Å². The van der Waals surface area contributed by atoms with Gasteiger partial charge in [-0.05, 0) is 24.5 Å². The van der Waals surface area contributed by atoms with Gasteiger partial charge in [0.05, 0.1) is 9.77 Å². The Bertz CT molecular complexity index is 779. The van der Waals surface area contributed by atoms with E-state index in [1.165, 1.54) is 10.4 Å². The van der Waals surface area contributed by atoms with Gasteiger partial charge in [0.2, 0.25) is 10.0 Å². The first-order valence-electron chi connectivity index (χ1n) is 7.48. The maximum atomic E-state index is 12.5. The molecule has 0 atom stereocenters. The third-order valence-electron chi connectivity index (χ3n) is 3.80. The predicted octanol–water partition coefficient (Wildman–Crippen LogP) is 2.46. The molecule has 1 aromatic heterocycles. The van der Waals surface area contributed by atoms with E-state index in [1.54, 1.807) is 5.38 Å². The van der Waals surface area contributed by atoms with Gasteiger partial charge in [-0.3, -0.25) is 4.79 Å². The van der Waals surface area contributed by atoms with E-state index in [4.69, 9.17) is 0 Å². The van der Waals surface area contributed by atoms with Crippen molar-refractivity contribution in [1.29, 1.82) is 0 Å². The van der Waals surface area contributed by atoms with Crippen LogP contribution in [0.4, 0.5) is 0 Å². The van der Waals surface area contributed by atoms with Crippen molar-refractivity contribution in [3.63, 3.8) is 0 Å². The number of thiophene rings is 1. The van der Waals surface area contributed by atoms with Gasteiger partial charge < -0.3 is 5.32 Å². The molecule has 0 aliphatic carbocycles. The van der Waals surface area contributed by atoms with Gasteiger partial charge in [-0.25, -0.2) is 8.42 Å². The Kier molecular flexibility index (Phi) is 4.79. The lowest BCUT2D eigenvalue weighted by Crippen LogP contribution is -2.27. The highest BCUT2D eigenvalue weighted by molar-refractivity contribution is 7.89. The van der Waals surface area contributed by atoms with Crippen LogP contribution in [0, 0.1) is 0 Å². The zero-order valence-corrected chi connectivity index (χ0v) is 14.2. The van der Waals surface area contributed by atoms with Gasteiger partial charge >= 0.3 is 0 Å². The predicted molar refractivity (Wildman–Crippen MR) is 89.9 cm³/mol. The van der Waals surface area contributed by atoms with Gasteiger partial charge in [0, 0.05) is 25.0 Å². The molecule has 7 heteroatoms. The Labute approximate surface area is 140 Å². The van der Waals surface area contributed by atoms with Crippen LogP contribution in [-0.4, -0.2) is 31.7 Å². The van der Waals surface area contributed by atoms with Gasteiger partial charge in [-0.1, -0.05) is 30.3 Å². The molecule has 23 heavy (non-hydrogen) atoms. The summed E-state index contributed by atoms with van der Waals surface area (Å²) in [5.74, 6) is -0.248.